The van der Waals surface area contributed by atoms with E-state index in [9.17, 15) is 4.79 Å². The van der Waals surface area contributed by atoms with E-state index in [1.807, 2.05) is 6.92 Å². The fraction of sp³-hybridized carbons (Fsp3) is 0.222. The molecule has 8 nitrogen and oxygen atoms in total. The minimum Gasteiger partial charge on any atom is -0.384 e. The third-order valence-electron chi connectivity index (χ3n) is 2.28. The summed E-state index contributed by atoms with van der Waals surface area (Å²) in [6, 6.07) is 1.41. The molecule has 0 saturated carbocycles. The lowest BCUT2D eigenvalue weighted by molar-refractivity contribution is 0.244. The molecular formula is C9H13N7O. The summed E-state index contributed by atoms with van der Waals surface area (Å²) in [5.74, 6) is 0.973. The number of pyridine rings is 1. The first-order valence-corrected chi connectivity index (χ1v) is 4.96. The number of H-pyrrole nitrogens is 1. The number of hydrogen-bond donors (Lipinski definition) is 5. The SMILES string of the molecule is CNC(=O)NNc1cc(C)c2c(N)[nH]nc2n1. The molecule has 0 spiro atoms. The maximum atomic E-state index is 11.0. The first-order chi connectivity index (χ1) is 8.11. The maximum Gasteiger partial charge on any atom is 0.333 e. The van der Waals surface area contributed by atoms with Gasteiger partial charge in [0.15, 0.2) is 5.65 Å². The molecule has 2 heterocycles. The smallest absolute Gasteiger partial charge is 0.333 e. The molecule has 8 heteroatoms. The third-order valence-corrected chi connectivity index (χ3v) is 2.28. The van der Waals surface area contributed by atoms with E-state index < -0.39 is 0 Å². The van der Waals surface area contributed by atoms with Crippen LogP contribution in [0.5, 0.6) is 0 Å². The number of hydrogen-bond acceptors (Lipinski definition) is 5. The van der Waals surface area contributed by atoms with Crippen LogP contribution >= 0.6 is 0 Å². The molecule has 2 rings (SSSR count). The number of amides is 2. The molecule has 0 fully saturated rings. The van der Waals surface area contributed by atoms with Crippen LogP contribution in [-0.4, -0.2) is 28.3 Å². The van der Waals surface area contributed by atoms with Crippen molar-refractivity contribution in [3.05, 3.63) is 11.6 Å². The number of fused-ring (bicyclic) bond motifs is 1. The highest BCUT2D eigenvalue weighted by Crippen LogP contribution is 2.22. The lowest BCUT2D eigenvalue weighted by atomic mass is 10.2. The number of rotatable bonds is 2. The fourth-order valence-electron chi connectivity index (χ4n) is 1.49. The molecule has 17 heavy (non-hydrogen) atoms. The molecule has 2 amide bonds. The molecule has 0 radical (unpaired) electrons. The van der Waals surface area contributed by atoms with Crippen LogP contribution in [0.2, 0.25) is 0 Å². The Kier molecular flexibility index (Phi) is 2.69. The topological polar surface area (TPSA) is 121 Å². The van der Waals surface area contributed by atoms with Gasteiger partial charge in [0, 0.05) is 7.05 Å². The second-order valence-corrected chi connectivity index (χ2v) is 3.49. The van der Waals surface area contributed by atoms with Crippen LogP contribution in [0.3, 0.4) is 0 Å². The van der Waals surface area contributed by atoms with Crippen molar-refractivity contribution in [3.63, 3.8) is 0 Å². The number of carbonyl (C=O) groups is 1. The maximum absolute atomic E-state index is 11.0. The molecule has 2 aromatic heterocycles. The monoisotopic (exact) mass is 235 g/mol. The van der Waals surface area contributed by atoms with Crippen molar-refractivity contribution in [1.82, 2.24) is 25.9 Å². The van der Waals surface area contributed by atoms with Gasteiger partial charge >= 0.3 is 6.03 Å². The zero-order chi connectivity index (χ0) is 12.4. The highest BCUT2D eigenvalue weighted by atomic mass is 16.2. The Hall–Kier alpha value is -2.51. The van der Waals surface area contributed by atoms with E-state index >= 15 is 0 Å². The van der Waals surface area contributed by atoms with E-state index in [1.165, 1.54) is 7.05 Å². The van der Waals surface area contributed by atoms with Crippen molar-refractivity contribution in [2.45, 2.75) is 6.92 Å². The second kappa shape index (κ2) is 4.16. The zero-order valence-corrected chi connectivity index (χ0v) is 9.46. The summed E-state index contributed by atoms with van der Waals surface area (Å²) in [7, 11) is 1.52. The summed E-state index contributed by atoms with van der Waals surface area (Å²) in [4.78, 5) is 15.2. The number of hydrazine groups is 1. The highest BCUT2D eigenvalue weighted by Gasteiger charge is 2.09. The van der Waals surface area contributed by atoms with Crippen molar-refractivity contribution >= 4 is 28.7 Å². The molecule has 0 aliphatic rings. The van der Waals surface area contributed by atoms with Gasteiger partial charge in [-0.2, -0.15) is 5.10 Å². The largest absolute Gasteiger partial charge is 0.384 e. The minimum absolute atomic E-state index is 0.355. The quantitative estimate of drug-likeness (QED) is 0.473. The zero-order valence-electron chi connectivity index (χ0n) is 9.46. The first-order valence-electron chi connectivity index (χ1n) is 4.96. The van der Waals surface area contributed by atoms with Gasteiger partial charge < -0.3 is 11.1 Å². The van der Waals surface area contributed by atoms with Gasteiger partial charge in [0.1, 0.15) is 11.6 Å². The van der Waals surface area contributed by atoms with E-state index in [0.717, 1.165) is 10.9 Å². The van der Waals surface area contributed by atoms with Gasteiger partial charge in [-0.15, -0.1) is 0 Å². The van der Waals surface area contributed by atoms with E-state index in [1.54, 1.807) is 6.07 Å². The number of carbonyl (C=O) groups excluding carboxylic acids is 1. The number of nitrogens with two attached hydrogens (primary N) is 1. The average Bonchev–Trinajstić information content (AvgIpc) is 2.68. The Labute approximate surface area is 96.9 Å². The Balaban J connectivity index is 2.28. The van der Waals surface area contributed by atoms with Gasteiger partial charge in [-0.05, 0) is 18.6 Å². The van der Waals surface area contributed by atoms with Crippen molar-refractivity contribution in [1.29, 1.82) is 0 Å². The molecule has 2 aromatic rings. The van der Waals surface area contributed by atoms with Crippen molar-refractivity contribution in [3.8, 4) is 0 Å². The van der Waals surface area contributed by atoms with Crippen LogP contribution in [0, 0.1) is 6.92 Å². The lowest BCUT2D eigenvalue weighted by Crippen LogP contribution is -2.37. The molecular weight excluding hydrogens is 222 g/mol. The minimum atomic E-state index is -0.355. The molecule has 0 atom stereocenters. The van der Waals surface area contributed by atoms with Crippen molar-refractivity contribution in [2.24, 2.45) is 0 Å². The fourth-order valence-corrected chi connectivity index (χ4v) is 1.49. The number of urea groups is 1. The first kappa shape index (κ1) is 11.0. The molecule has 90 valence electrons. The van der Waals surface area contributed by atoms with Crippen LogP contribution in [0.4, 0.5) is 16.4 Å². The third kappa shape index (κ3) is 2.05. The Morgan fingerprint density at radius 3 is 3.00 bits per heavy atom. The predicted molar refractivity (Wildman–Crippen MR) is 64.3 cm³/mol. The number of nitrogens with zero attached hydrogens (tertiary/aromatic N) is 2. The van der Waals surface area contributed by atoms with Gasteiger partial charge in [0.25, 0.3) is 0 Å². The van der Waals surface area contributed by atoms with E-state index in [2.05, 4.69) is 31.3 Å². The Bertz CT molecular complexity index is 562. The van der Waals surface area contributed by atoms with Gasteiger partial charge in [-0.25, -0.2) is 9.78 Å². The number of aryl methyl sites for hydroxylation is 1. The number of nitrogens with one attached hydrogen (secondary N) is 4. The number of anilines is 2. The molecule has 0 saturated heterocycles. The van der Waals surface area contributed by atoms with E-state index in [4.69, 9.17) is 5.73 Å². The van der Waals surface area contributed by atoms with Gasteiger partial charge in [-0.1, -0.05) is 0 Å². The number of aromatic amines is 1. The van der Waals surface area contributed by atoms with Crippen LogP contribution in [-0.2, 0) is 0 Å². The van der Waals surface area contributed by atoms with Crippen molar-refractivity contribution in [2.75, 3.05) is 18.2 Å². The number of nitrogen functional groups attached to an aromatic ring is 1. The molecule has 0 aliphatic carbocycles. The summed E-state index contributed by atoms with van der Waals surface area (Å²) in [6.45, 7) is 1.89. The summed E-state index contributed by atoms with van der Waals surface area (Å²) in [5.41, 5.74) is 12.2. The highest BCUT2D eigenvalue weighted by molar-refractivity contribution is 5.90. The van der Waals surface area contributed by atoms with Crippen molar-refractivity contribution < 1.29 is 4.79 Å². The Morgan fingerprint density at radius 2 is 2.29 bits per heavy atom. The Morgan fingerprint density at radius 1 is 1.53 bits per heavy atom. The molecule has 0 aromatic carbocycles. The van der Waals surface area contributed by atoms with Crippen LogP contribution in [0.15, 0.2) is 6.07 Å². The standard InChI is InChI=1S/C9H13N7O/c1-4-3-5(13-16-9(17)11-2)12-8-6(4)7(10)14-15-8/h3H,1-2H3,(H2,11,16,17)(H4,10,12,13,14,15). The van der Waals surface area contributed by atoms with Crippen LogP contribution < -0.4 is 21.9 Å². The van der Waals surface area contributed by atoms with E-state index in [-0.39, 0.29) is 6.03 Å². The normalized spacial score (nSPS) is 10.2. The van der Waals surface area contributed by atoms with Gasteiger partial charge in [0.2, 0.25) is 0 Å². The van der Waals surface area contributed by atoms with Gasteiger partial charge in [0.05, 0.1) is 5.39 Å². The second-order valence-electron chi connectivity index (χ2n) is 3.49. The van der Waals surface area contributed by atoms with Crippen LogP contribution in [0.25, 0.3) is 11.0 Å². The number of aromatic nitrogens is 3. The van der Waals surface area contributed by atoms with Gasteiger partial charge in [-0.3, -0.25) is 16.0 Å². The molecule has 0 aliphatic heterocycles. The lowest BCUT2D eigenvalue weighted by Gasteiger charge is -2.07. The summed E-state index contributed by atoms with van der Waals surface area (Å²) >= 11 is 0. The summed E-state index contributed by atoms with van der Waals surface area (Å²) in [6.07, 6.45) is 0. The summed E-state index contributed by atoms with van der Waals surface area (Å²) < 4.78 is 0. The predicted octanol–water partition coefficient (Wildman–Crippen LogP) is 0.104. The summed E-state index contributed by atoms with van der Waals surface area (Å²) in [5, 5.41) is 9.81. The van der Waals surface area contributed by atoms with E-state index in [0.29, 0.717) is 17.3 Å². The van der Waals surface area contributed by atoms with Crippen LogP contribution in [0.1, 0.15) is 5.56 Å². The molecule has 0 bridgehead atoms. The molecule has 6 N–H and O–H groups in total. The average molecular weight is 235 g/mol. The molecule has 0 unspecified atom stereocenters.